The Morgan fingerprint density at radius 3 is 2.53 bits per heavy atom. The zero-order valence-corrected chi connectivity index (χ0v) is 21.0. The molecule has 8 nitrogen and oxygen atoms in total. The van der Waals surface area contributed by atoms with Gasteiger partial charge >= 0.3 is 5.97 Å². The van der Waals surface area contributed by atoms with Crippen LogP contribution in [0.4, 0.5) is 0 Å². The molecule has 2 aromatic carbocycles. The average molecular weight is 493 g/mol. The number of aliphatic hydroxyl groups excluding tert-OH is 1. The van der Waals surface area contributed by atoms with E-state index in [2.05, 4.69) is 4.90 Å². The molecule has 2 aliphatic heterocycles. The molecule has 36 heavy (non-hydrogen) atoms. The van der Waals surface area contributed by atoms with Crippen LogP contribution in [0, 0.1) is 0 Å². The molecule has 1 unspecified atom stereocenters. The second-order valence-electron chi connectivity index (χ2n) is 8.96. The topological polar surface area (TPSA) is 96.4 Å². The number of hydrogen-bond acceptors (Lipinski definition) is 7. The number of carbonyl (C=O) groups is 3. The molecule has 1 saturated heterocycles. The Morgan fingerprint density at radius 2 is 1.86 bits per heavy atom. The standard InChI is InChI=1S/C28H32N2O6/c1-4-29(5-2)14-15-30-25(19-8-11-22(12-9-19)36-18(3)31)24(27(33)28(30)34)26(32)21-10-13-23-20(17-21)7-6-16-35-23/h8-13,17,25,32H,4-7,14-16H2,1-3H3/b26-24-. The van der Waals surface area contributed by atoms with Crippen LogP contribution in [0.2, 0.25) is 0 Å². The van der Waals surface area contributed by atoms with Crippen LogP contribution in [-0.2, 0) is 20.8 Å². The molecule has 1 fully saturated rings. The van der Waals surface area contributed by atoms with Crippen LogP contribution >= 0.6 is 0 Å². The van der Waals surface area contributed by atoms with Crippen molar-refractivity contribution in [3.05, 3.63) is 64.7 Å². The SMILES string of the molecule is CCN(CC)CCN1C(=O)C(=O)/C(=C(\O)c2ccc3c(c2)CCCO3)C1c1ccc(OC(C)=O)cc1. The number of likely N-dealkylation sites (N-methyl/N-ethyl adjacent to an activating group) is 1. The zero-order valence-electron chi connectivity index (χ0n) is 21.0. The number of rotatable bonds is 8. The van der Waals surface area contributed by atoms with Crippen LogP contribution in [0.15, 0.2) is 48.0 Å². The van der Waals surface area contributed by atoms with Gasteiger partial charge in [-0.25, -0.2) is 0 Å². The number of aryl methyl sites for hydroxylation is 1. The summed E-state index contributed by atoms with van der Waals surface area (Å²) in [5.74, 6) is -0.865. The van der Waals surface area contributed by atoms with E-state index in [1.54, 1.807) is 36.4 Å². The van der Waals surface area contributed by atoms with Gasteiger partial charge in [0.25, 0.3) is 11.7 Å². The second-order valence-corrected chi connectivity index (χ2v) is 8.96. The molecule has 0 radical (unpaired) electrons. The van der Waals surface area contributed by atoms with Gasteiger partial charge in [0.05, 0.1) is 18.2 Å². The first-order valence-corrected chi connectivity index (χ1v) is 12.4. The lowest BCUT2D eigenvalue weighted by atomic mass is 9.94. The van der Waals surface area contributed by atoms with Crippen molar-refractivity contribution in [1.29, 1.82) is 0 Å². The fraction of sp³-hybridized carbons (Fsp3) is 0.393. The zero-order chi connectivity index (χ0) is 25.8. The van der Waals surface area contributed by atoms with Crippen LogP contribution in [0.5, 0.6) is 11.5 Å². The van der Waals surface area contributed by atoms with Crippen molar-refractivity contribution in [1.82, 2.24) is 9.80 Å². The van der Waals surface area contributed by atoms with Crippen molar-refractivity contribution in [3.8, 4) is 11.5 Å². The Labute approximate surface area is 211 Å². The Morgan fingerprint density at radius 1 is 1.14 bits per heavy atom. The molecule has 2 heterocycles. The molecule has 2 aliphatic rings. The quantitative estimate of drug-likeness (QED) is 0.197. The number of amides is 1. The van der Waals surface area contributed by atoms with E-state index in [1.807, 2.05) is 19.9 Å². The summed E-state index contributed by atoms with van der Waals surface area (Å²) in [4.78, 5) is 41.5. The third kappa shape index (κ3) is 5.14. The summed E-state index contributed by atoms with van der Waals surface area (Å²) < 4.78 is 10.8. The number of Topliss-reactive ketones (excluding diaryl/α,β-unsaturated/α-hetero) is 1. The normalized spacial score (nSPS) is 18.8. The monoisotopic (exact) mass is 492 g/mol. The summed E-state index contributed by atoms with van der Waals surface area (Å²) in [5, 5.41) is 11.4. The molecule has 1 N–H and O–H groups in total. The molecule has 4 rings (SSSR count). The van der Waals surface area contributed by atoms with E-state index in [9.17, 15) is 19.5 Å². The van der Waals surface area contributed by atoms with Crippen LogP contribution in [0.1, 0.15) is 49.9 Å². The van der Waals surface area contributed by atoms with E-state index < -0.39 is 23.7 Å². The first-order chi connectivity index (χ1) is 17.3. The van der Waals surface area contributed by atoms with Crippen molar-refractivity contribution >= 4 is 23.4 Å². The number of carbonyl (C=O) groups excluding carboxylic acids is 3. The summed E-state index contributed by atoms with van der Waals surface area (Å²) in [6.07, 6.45) is 1.69. The van der Waals surface area contributed by atoms with E-state index in [0.717, 1.165) is 37.2 Å². The molecule has 0 spiro atoms. The first-order valence-electron chi connectivity index (χ1n) is 12.4. The van der Waals surface area contributed by atoms with Crippen LogP contribution in [0.25, 0.3) is 5.76 Å². The second kappa shape index (κ2) is 11.0. The van der Waals surface area contributed by atoms with E-state index in [1.165, 1.54) is 11.8 Å². The fourth-order valence-corrected chi connectivity index (χ4v) is 4.79. The van der Waals surface area contributed by atoms with Crippen molar-refractivity contribution in [2.75, 3.05) is 32.8 Å². The molecule has 0 saturated carbocycles. The number of benzene rings is 2. The fourth-order valence-electron chi connectivity index (χ4n) is 4.79. The molecule has 8 heteroatoms. The molecule has 0 bridgehead atoms. The lowest BCUT2D eigenvalue weighted by Gasteiger charge is -2.28. The highest BCUT2D eigenvalue weighted by atomic mass is 16.5. The number of esters is 1. The number of hydrogen-bond donors (Lipinski definition) is 1. The number of ketones is 1. The minimum atomic E-state index is -0.765. The minimum Gasteiger partial charge on any atom is -0.507 e. The maximum atomic E-state index is 13.3. The molecular weight excluding hydrogens is 460 g/mol. The minimum absolute atomic E-state index is 0.0523. The molecule has 2 aromatic rings. The summed E-state index contributed by atoms with van der Waals surface area (Å²) >= 11 is 0. The summed E-state index contributed by atoms with van der Waals surface area (Å²) in [6.45, 7) is 8.62. The van der Waals surface area contributed by atoms with Gasteiger partial charge in [-0.1, -0.05) is 26.0 Å². The van der Waals surface area contributed by atoms with Crippen LogP contribution in [-0.4, -0.2) is 65.4 Å². The lowest BCUT2D eigenvalue weighted by molar-refractivity contribution is -0.140. The van der Waals surface area contributed by atoms with E-state index in [-0.39, 0.29) is 11.3 Å². The highest BCUT2D eigenvalue weighted by molar-refractivity contribution is 6.46. The third-order valence-electron chi connectivity index (χ3n) is 6.73. The van der Waals surface area contributed by atoms with E-state index in [4.69, 9.17) is 9.47 Å². The van der Waals surface area contributed by atoms with Gasteiger partial charge in [0.2, 0.25) is 0 Å². The van der Waals surface area contributed by atoms with Crippen molar-refractivity contribution in [2.45, 2.75) is 39.7 Å². The third-order valence-corrected chi connectivity index (χ3v) is 6.73. The van der Waals surface area contributed by atoms with Gasteiger partial charge in [-0.05, 0) is 67.4 Å². The number of nitrogens with zero attached hydrogens (tertiary/aromatic N) is 2. The van der Waals surface area contributed by atoms with Crippen molar-refractivity contribution in [3.63, 3.8) is 0 Å². The number of ether oxygens (including phenoxy) is 2. The maximum absolute atomic E-state index is 13.3. The Kier molecular flexibility index (Phi) is 7.74. The van der Waals surface area contributed by atoms with Gasteiger partial charge < -0.3 is 24.4 Å². The van der Waals surface area contributed by atoms with Gasteiger partial charge in [0, 0.05) is 25.6 Å². The lowest BCUT2D eigenvalue weighted by Crippen LogP contribution is -2.38. The molecular formula is C28H32N2O6. The Hall–Kier alpha value is -3.65. The van der Waals surface area contributed by atoms with Gasteiger partial charge in [-0.2, -0.15) is 0 Å². The molecule has 190 valence electrons. The summed E-state index contributed by atoms with van der Waals surface area (Å²) in [7, 11) is 0. The molecule has 1 amide bonds. The highest BCUT2D eigenvalue weighted by Crippen LogP contribution is 2.40. The highest BCUT2D eigenvalue weighted by Gasteiger charge is 2.46. The first kappa shape index (κ1) is 25.4. The van der Waals surface area contributed by atoms with E-state index in [0.29, 0.717) is 36.6 Å². The largest absolute Gasteiger partial charge is 0.507 e. The van der Waals surface area contributed by atoms with Crippen molar-refractivity contribution < 1.29 is 29.0 Å². The predicted molar refractivity (Wildman–Crippen MR) is 135 cm³/mol. The number of fused-ring (bicyclic) bond motifs is 1. The summed E-state index contributed by atoms with van der Waals surface area (Å²) in [6, 6.07) is 11.2. The molecule has 0 aliphatic carbocycles. The van der Waals surface area contributed by atoms with E-state index >= 15 is 0 Å². The van der Waals surface area contributed by atoms with Gasteiger partial charge in [-0.15, -0.1) is 0 Å². The smallest absolute Gasteiger partial charge is 0.308 e. The number of likely N-dealkylation sites (tertiary alicyclic amines) is 1. The Bertz CT molecular complexity index is 1180. The van der Waals surface area contributed by atoms with Gasteiger partial charge in [0.15, 0.2) is 0 Å². The summed E-state index contributed by atoms with van der Waals surface area (Å²) in [5.41, 5.74) is 2.13. The van der Waals surface area contributed by atoms with Crippen LogP contribution < -0.4 is 9.47 Å². The van der Waals surface area contributed by atoms with Crippen molar-refractivity contribution in [2.24, 2.45) is 0 Å². The van der Waals surface area contributed by atoms with Crippen LogP contribution in [0.3, 0.4) is 0 Å². The van der Waals surface area contributed by atoms with Gasteiger partial charge in [0.1, 0.15) is 17.3 Å². The average Bonchev–Trinajstić information content (AvgIpc) is 3.13. The van der Waals surface area contributed by atoms with Gasteiger partial charge in [-0.3, -0.25) is 14.4 Å². The molecule has 0 aromatic heterocycles. The number of aliphatic hydroxyl groups is 1. The molecule has 1 atom stereocenters. The predicted octanol–water partition coefficient (Wildman–Crippen LogP) is 3.70. The maximum Gasteiger partial charge on any atom is 0.308 e. The Balaban J connectivity index is 1.77.